The molecule has 1 saturated heterocycles. The minimum Gasteiger partial charge on any atom is -0.317 e. The van der Waals surface area contributed by atoms with E-state index in [4.69, 9.17) is 0 Å². The van der Waals surface area contributed by atoms with E-state index in [0.29, 0.717) is 16.6 Å². The summed E-state index contributed by atoms with van der Waals surface area (Å²) >= 11 is 0. The third-order valence-corrected chi connectivity index (χ3v) is 6.46. The van der Waals surface area contributed by atoms with Gasteiger partial charge < -0.3 is 5.32 Å². The number of nitrogens with zero attached hydrogens (tertiary/aromatic N) is 2. The number of aromatic nitrogens is 2. The average Bonchev–Trinajstić information content (AvgIpc) is 3.02. The summed E-state index contributed by atoms with van der Waals surface area (Å²) in [6.07, 6.45) is 4.51. The number of rotatable bonds is 4. The summed E-state index contributed by atoms with van der Waals surface area (Å²) in [6, 6.07) is 10.4. The van der Waals surface area contributed by atoms with Crippen LogP contribution in [-0.4, -0.2) is 30.5 Å². The number of piperidine rings is 1. The Hall–Kier alpha value is -2.25. The van der Waals surface area contributed by atoms with Crippen LogP contribution >= 0.6 is 0 Å². The quantitative estimate of drug-likeness (QED) is 0.764. The zero-order valence-electron chi connectivity index (χ0n) is 14.2. The van der Waals surface area contributed by atoms with E-state index in [1.165, 1.54) is 10.0 Å². The van der Waals surface area contributed by atoms with Gasteiger partial charge in [0.1, 0.15) is 5.82 Å². The van der Waals surface area contributed by atoms with Crippen LogP contribution in [0.15, 0.2) is 48.8 Å². The smallest absolute Gasteiger partial charge is 0.244 e. The molecule has 0 saturated carbocycles. The number of nitrogens with one attached hydrogen (secondary N) is 1. The molecule has 0 unspecified atom stereocenters. The van der Waals surface area contributed by atoms with Crippen LogP contribution in [0.4, 0.5) is 4.39 Å². The van der Waals surface area contributed by atoms with Crippen LogP contribution in [-0.2, 0) is 15.8 Å². The summed E-state index contributed by atoms with van der Waals surface area (Å²) in [5.74, 6) is -0.371. The SMILES string of the molecule is O=S(=O)(Cc1ccccc1)n1cc(C2CCNCC2)c2cc(F)cnc21. The topological polar surface area (TPSA) is 64.0 Å². The Morgan fingerprint density at radius 2 is 1.92 bits per heavy atom. The van der Waals surface area contributed by atoms with Crippen LogP contribution in [0.25, 0.3) is 11.0 Å². The van der Waals surface area contributed by atoms with Gasteiger partial charge in [0, 0.05) is 11.6 Å². The van der Waals surface area contributed by atoms with Gasteiger partial charge in [-0.15, -0.1) is 0 Å². The van der Waals surface area contributed by atoms with E-state index in [9.17, 15) is 12.8 Å². The number of fused-ring (bicyclic) bond motifs is 1. The molecule has 136 valence electrons. The van der Waals surface area contributed by atoms with E-state index >= 15 is 0 Å². The highest BCUT2D eigenvalue weighted by atomic mass is 32.2. The van der Waals surface area contributed by atoms with Crippen molar-refractivity contribution in [2.45, 2.75) is 24.5 Å². The lowest BCUT2D eigenvalue weighted by Crippen LogP contribution is -2.26. The molecule has 1 aliphatic rings. The lowest BCUT2D eigenvalue weighted by atomic mass is 9.90. The maximum atomic E-state index is 13.8. The number of hydrogen-bond acceptors (Lipinski definition) is 4. The molecule has 3 aromatic rings. The number of halogens is 1. The first-order chi connectivity index (χ1) is 12.5. The van der Waals surface area contributed by atoms with Crippen molar-refractivity contribution in [1.82, 2.24) is 14.3 Å². The summed E-state index contributed by atoms with van der Waals surface area (Å²) < 4.78 is 41.1. The van der Waals surface area contributed by atoms with Gasteiger partial charge in [0.05, 0.1) is 11.9 Å². The van der Waals surface area contributed by atoms with E-state index < -0.39 is 15.8 Å². The molecule has 3 heterocycles. The van der Waals surface area contributed by atoms with Crippen molar-refractivity contribution in [2.24, 2.45) is 0 Å². The van der Waals surface area contributed by atoms with Crippen molar-refractivity contribution >= 4 is 21.1 Å². The first kappa shape index (κ1) is 17.2. The fourth-order valence-electron chi connectivity index (χ4n) is 3.60. The van der Waals surface area contributed by atoms with Crippen molar-refractivity contribution in [2.75, 3.05) is 13.1 Å². The molecule has 5 nitrogen and oxygen atoms in total. The fraction of sp³-hybridized carbons (Fsp3) is 0.316. The minimum absolute atomic E-state index is 0.123. The van der Waals surface area contributed by atoms with Gasteiger partial charge in [0.25, 0.3) is 0 Å². The number of benzene rings is 1. The summed E-state index contributed by atoms with van der Waals surface area (Å²) in [4.78, 5) is 4.10. The lowest BCUT2D eigenvalue weighted by Gasteiger charge is -2.22. The summed E-state index contributed by atoms with van der Waals surface area (Å²) in [6.45, 7) is 1.74. The van der Waals surface area contributed by atoms with E-state index in [1.54, 1.807) is 18.3 Å². The highest BCUT2D eigenvalue weighted by Crippen LogP contribution is 2.33. The van der Waals surface area contributed by atoms with Gasteiger partial charge >= 0.3 is 0 Å². The molecule has 0 amide bonds. The molecular weight excluding hydrogens is 353 g/mol. The maximum Gasteiger partial charge on any atom is 0.244 e. The molecule has 0 spiro atoms. The molecule has 26 heavy (non-hydrogen) atoms. The van der Waals surface area contributed by atoms with Gasteiger partial charge in [-0.05, 0) is 49.0 Å². The molecule has 2 aromatic heterocycles. The van der Waals surface area contributed by atoms with Gasteiger partial charge in [-0.3, -0.25) is 0 Å². The predicted molar refractivity (Wildman–Crippen MR) is 99.0 cm³/mol. The summed E-state index contributed by atoms with van der Waals surface area (Å²) in [7, 11) is -3.65. The molecule has 0 bridgehead atoms. The molecule has 1 N–H and O–H groups in total. The second kappa shape index (κ2) is 6.81. The lowest BCUT2D eigenvalue weighted by molar-refractivity contribution is 0.462. The van der Waals surface area contributed by atoms with E-state index in [-0.39, 0.29) is 11.7 Å². The Labute approximate surface area is 151 Å². The number of hydrogen-bond donors (Lipinski definition) is 1. The Bertz CT molecular complexity index is 1030. The maximum absolute atomic E-state index is 13.8. The van der Waals surface area contributed by atoms with Crippen LogP contribution < -0.4 is 5.32 Å². The normalized spacial score (nSPS) is 16.2. The van der Waals surface area contributed by atoms with Crippen molar-refractivity contribution in [3.8, 4) is 0 Å². The molecular formula is C19H20FN3O2S. The van der Waals surface area contributed by atoms with Gasteiger partial charge in [-0.1, -0.05) is 30.3 Å². The van der Waals surface area contributed by atoms with Crippen molar-refractivity contribution in [3.63, 3.8) is 0 Å². The standard InChI is InChI=1S/C19H20FN3O2S/c20-16-10-17-18(15-6-8-21-9-7-15)12-23(19(17)22-11-16)26(24,25)13-14-4-2-1-3-5-14/h1-5,10-12,15,21H,6-9,13H2. The highest BCUT2D eigenvalue weighted by molar-refractivity contribution is 7.89. The number of pyridine rings is 1. The fourth-order valence-corrected chi connectivity index (χ4v) is 5.04. The molecule has 0 aliphatic carbocycles. The first-order valence-corrected chi connectivity index (χ1v) is 10.3. The third kappa shape index (κ3) is 3.24. The molecule has 1 aromatic carbocycles. The Morgan fingerprint density at radius 1 is 1.19 bits per heavy atom. The van der Waals surface area contributed by atoms with Crippen LogP contribution in [0.2, 0.25) is 0 Å². The molecule has 1 fully saturated rings. The zero-order valence-corrected chi connectivity index (χ0v) is 15.0. The van der Waals surface area contributed by atoms with Crippen LogP contribution in [0.5, 0.6) is 0 Å². The Balaban J connectivity index is 1.82. The van der Waals surface area contributed by atoms with Crippen LogP contribution in [0.1, 0.15) is 29.9 Å². The average molecular weight is 373 g/mol. The van der Waals surface area contributed by atoms with Gasteiger partial charge in [0.15, 0.2) is 5.65 Å². The highest BCUT2D eigenvalue weighted by Gasteiger charge is 2.25. The third-order valence-electron chi connectivity index (χ3n) is 4.88. The molecule has 1 aliphatic heterocycles. The van der Waals surface area contributed by atoms with Crippen molar-refractivity contribution < 1.29 is 12.8 Å². The van der Waals surface area contributed by atoms with Gasteiger partial charge in [-0.2, -0.15) is 0 Å². The largest absolute Gasteiger partial charge is 0.317 e. The second-order valence-corrected chi connectivity index (χ2v) is 8.52. The van der Waals surface area contributed by atoms with Gasteiger partial charge in [0.2, 0.25) is 10.0 Å². The summed E-state index contributed by atoms with van der Waals surface area (Å²) in [5, 5.41) is 3.89. The Morgan fingerprint density at radius 3 is 2.65 bits per heavy atom. The van der Waals surface area contributed by atoms with Crippen molar-refractivity contribution in [3.05, 3.63) is 65.7 Å². The molecule has 0 radical (unpaired) electrons. The molecule has 0 atom stereocenters. The van der Waals surface area contributed by atoms with E-state index in [0.717, 1.165) is 37.7 Å². The monoisotopic (exact) mass is 373 g/mol. The van der Waals surface area contributed by atoms with Crippen LogP contribution in [0.3, 0.4) is 0 Å². The minimum atomic E-state index is -3.65. The Kier molecular flexibility index (Phi) is 4.50. The van der Waals surface area contributed by atoms with E-state index in [2.05, 4.69) is 10.3 Å². The first-order valence-electron chi connectivity index (χ1n) is 8.69. The van der Waals surface area contributed by atoms with Crippen LogP contribution in [0, 0.1) is 5.82 Å². The second-order valence-electron chi connectivity index (χ2n) is 6.67. The van der Waals surface area contributed by atoms with E-state index in [1.807, 2.05) is 18.2 Å². The van der Waals surface area contributed by atoms with Gasteiger partial charge in [-0.25, -0.2) is 21.8 Å². The molecule has 7 heteroatoms. The zero-order chi connectivity index (χ0) is 18.1. The van der Waals surface area contributed by atoms with Crippen molar-refractivity contribution in [1.29, 1.82) is 0 Å². The predicted octanol–water partition coefficient (Wildman–Crippen LogP) is 3.02. The molecule has 4 rings (SSSR count). The summed E-state index contributed by atoms with van der Waals surface area (Å²) in [5.41, 5.74) is 1.88.